The minimum atomic E-state index is -0.0185. The van der Waals surface area contributed by atoms with Crippen LogP contribution in [0.2, 0.25) is 0 Å². The molecule has 0 aromatic heterocycles. The van der Waals surface area contributed by atoms with Gasteiger partial charge in [-0.15, -0.1) is 4.59 Å². The van der Waals surface area contributed by atoms with Crippen LogP contribution in [-0.2, 0) is 11.4 Å². The van der Waals surface area contributed by atoms with Gasteiger partial charge >= 0.3 is 0 Å². The Bertz CT molecular complexity index is 1470. The Labute approximate surface area is 228 Å². The van der Waals surface area contributed by atoms with Crippen molar-refractivity contribution in [2.24, 2.45) is 27.7 Å². The van der Waals surface area contributed by atoms with Gasteiger partial charge in [0.2, 0.25) is 11.6 Å². The number of amides is 1. The molecule has 0 radical (unpaired) electrons. The molecule has 1 unspecified atom stereocenters. The van der Waals surface area contributed by atoms with E-state index < -0.39 is 0 Å². The molecule has 1 aliphatic carbocycles. The Morgan fingerprint density at radius 2 is 1.69 bits per heavy atom. The molecule has 0 bridgehead atoms. The summed E-state index contributed by atoms with van der Waals surface area (Å²) in [6.07, 6.45) is 8.80. The fraction of sp³-hybridized carbons (Fsp3) is 0.219. The number of benzene rings is 3. The molecule has 196 valence electrons. The van der Waals surface area contributed by atoms with Gasteiger partial charge in [-0.3, -0.25) is 9.79 Å². The molecule has 2 aliphatic heterocycles. The number of para-hydroxylation sites is 1. The number of hydrogen-bond donors (Lipinski definition) is 2. The number of allylic oxidation sites excluding steroid dienone is 2. The van der Waals surface area contributed by atoms with Gasteiger partial charge in [-0.1, -0.05) is 54.6 Å². The maximum absolute atomic E-state index is 12.9. The number of carbonyl (C=O) groups excluding carboxylic acids is 1. The van der Waals surface area contributed by atoms with Crippen molar-refractivity contribution < 1.29 is 14.1 Å². The van der Waals surface area contributed by atoms with Crippen molar-refractivity contribution >= 4 is 23.6 Å². The topological polar surface area (TPSA) is 89.1 Å². The van der Waals surface area contributed by atoms with Crippen molar-refractivity contribution in [2.45, 2.75) is 32.3 Å². The molecule has 6 rings (SSSR count). The lowest BCUT2D eigenvalue weighted by atomic mass is 9.79. The fourth-order valence-corrected chi connectivity index (χ4v) is 5.57. The third-order valence-corrected chi connectivity index (χ3v) is 7.69. The predicted molar refractivity (Wildman–Crippen MR) is 153 cm³/mol. The molecule has 1 amide bonds. The molecule has 3 aromatic rings. The van der Waals surface area contributed by atoms with Crippen LogP contribution in [0.5, 0.6) is 5.75 Å². The molecule has 3 aliphatic rings. The van der Waals surface area contributed by atoms with Crippen LogP contribution >= 0.6 is 0 Å². The summed E-state index contributed by atoms with van der Waals surface area (Å²) in [4.78, 5) is 22.4. The Kier molecular flexibility index (Phi) is 6.92. The lowest BCUT2D eigenvalue weighted by Gasteiger charge is -2.29. The highest BCUT2D eigenvalue weighted by atomic mass is 16.5. The average molecular weight is 519 g/mol. The van der Waals surface area contributed by atoms with Gasteiger partial charge in [0, 0.05) is 17.5 Å². The molecule has 0 spiro atoms. The summed E-state index contributed by atoms with van der Waals surface area (Å²) in [5.74, 6) is 8.79. The molecule has 2 heterocycles. The maximum atomic E-state index is 12.9. The number of carbonyl (C=O) groups is 1. The largest absolute Gasteiger partial charge is 0.489 e. The van der Waals surface area contributed by atoms with Crippen LogP contribution in [0.1, 0.15) is 36.8 Å². The number of nitrogens with zero attached hydrogens (tertiary/aromatic N) is 3. The van der Waals surface area contributed by atoms with Gasteiger partial charge in [-0.05, 0) is 61.6 Å². The van der Waals surface area contributed by atoms with Crippen LogP contribution in [0.4, 0.5) is 5.69 Å². The normalized spacial score (nSPS) is 23.8. The van der Waals surface area contributed by atoms with E-state index >= 15 is 0 Å². The second-order valence-electron chi connectivity index (χ2n) is 10.3. The molecule has 39 heavy (non-hydrogen) atoms. The van der Waals surface area contributed by atoms with Gasteiger partial charge in [-0.2, -0.15) is 10.8 Å². The first-order valence-electron chi connectivity index (χ1n) is 13.5. The van der Waals surface area contributed by atoms with E-state index in [4.69, 9.17) is 15.6 Å². The zero-order valence-electron chi connectivity index (χ0n) is 21.7. The number of ether oxygens (including phenoxy) is 1. The van der Waals surface area contributed by atoms with E-state index in [0.29, 0.717) is 6.61 Å². The number of quaternary nitrogens is 1. The summed E-state index contributed by atoms with van der Waals surface area (Å²) in [6, 6.07) is 27.7. The maximum Gasteiger partial charge on any atom is 0.265 e. The van der Waals surface area contributed by atoms with Crippen molar-refractivity contribution in [3.8, 4) is 5.75 Å². The number of nitrogens with two attached hydrogens (primary N) is 1. The molecule has 7 nitrogen and oxygen atoms in total. The molecule has 1 saturated carbocycles. The number of hydrogen-bond acceptors (Lipinski definition) is 5. The van der Waals surface area contributed by atoms with E-state index in [1.54, 1.807) is 6.20 Å². The lowest BCUT2D eigenvalue weighted by molar-refractivity contribution is -0.750. The third-order valence-electron chi connectivity index (χ3n) is 7.69. The third kappa shape index (κ3) is 5.19. The first kappa shape index (κ1) is 25.0. The first-order valence-corrected chi connectivity index (χ1v) is 13.5. The Morgan fingerprint density at radius 3 is 2.46 bits per heavy atom. The molecular formula is C32H32N5O2+. The standard InChI is InChI=1S/C32H31N5O2/c33-37-19-18-34-21-29(37)30(24-14-16-25(17-15-24)32(38)35-27-11-5-2-6-12-27)36-31(37)26-10-7-13-28(20-26)39-22-23-8-3-1-4-9-23/h1-13,18-21,24-25H,14-17,22,33H2/p+1. The Balaban J connectivity index is 1.19. The van der Waals surface area contributed by atoms with E-state index in [1.807, 2.05) is 97.3 Å². The highest BCUT2D eigenvalue weighted by Crippen LogP contribution is 2.41. The monoisotopic (exact) mass is 518 g/mol. The molecule has 7 heteroatoms. The second kappa shape index (κ2) is 10.8. The van der Waals surface area contributed by atoms with Crippen LogP contribution in [-0.4, -0.2) is 22.5 Å². The quantitative estimate of drug-likeness (QED) is 0.300. The highest BCUT2D eigenvalue weighted by molar-refractivity contribution is 6.00. The molecule has 3 aromatic carbocycles. The SMILES string of the molecule is N[N+]12C=CN=CC1=C(C1CCC(C(=O)Nc3ccccc3)CC1)N=C2c1cccc(OCc2ccccc2)c1. The number of nitrogens with one attached hydrogen (secondary N) is 1. The predicted octanol–water partition coefficient (Wildman–Crippen LogP) is 5.93. The summed E-state index contributed by atoms with van der Waals surface area (Å²) in [5, 5.41) is 3.06. The summed E-state index contributed by atoms with van der Waals surface area (Å²) < 4.78 is 6.06. The van der Waals surface area contributed by atoms with Crippen LogP contribution < -0.4 is 15.9 Å². The average Bonchev–Trinajstić information content (AvgIpc) is 3.30. The highest BCUT2D eigenvalue weighted by Gasteiger charge is 2.46. The lowest BCUT2D eigenvalue weighted by Crippen LogP contribution is -2.53. The zero-order valence-corrected chi connectivity index (χ0v) is 21.7. The van der Waals surface area contributed by atoms with Crippen molar-refractivity contribution in [1.29, 1.82) is 0 Å². The fourth-order valence-electron chi connectivity index (χ4n) is 5.57. The Morgan fingerprint density at radius 1 is 0.949 bits per heavy atom. The zero-order chi connectivity index (χ0) is 26.7. The van der Waals surface area contributed by atoms with Crippen molar-refractivity contribution in [3.05, 3.63) is 120 Å². The number of aliphatic imine (C=N–C) groups is 2. The molecule has 3 N–H and O–H groups in total. The molecule has 0 saturated heterocycles. The summed E-state index contributed by atoms with van der Waals surface area (Å²) in [7, 11) is 0. The number of amidine groups is 1. The van der Waals surface area contributed by atoms with Gasteiger partial charge in [0.25, 0.3) is 5.84 Å². The van der Waals surface area contributed by atoms with Gasteiger partial charge in [0.15, 0.2) is 0 Å². The van der Waals surface area contributed by atoms with Crippen LogP contribution in [0, 0.1) is 11.8 Å². The molecule has 1 atom stereocenters. The number of fused-ring (bicyclic) bond motifs is 1. The van der Waals surface area contributed by atoms with Crippen molar-refractivity contribution in [1.82, 2.24) is 0 Å². The van der Waals surface area contributed by atoms with E-state index in [2.05, 4.69) is 10.3 Å². The molecule has 1 fully saturated rings. The van der Waals surface area contributed by atoms with Gasteiger partial charge in [0.05, 0.1) is 18.0 Å². The van der Waals surface area contributed by atoms with Crippen molar-refractivity contribution in [2.75, 3.05) is 5.32 Å². The van der Waals surface area contributed by atoms with E-state index in [1.165, 1.54) is 0 Å². The Hall–Kier alpha value is -4.33. The number of rotatable bonds is 7. The van der Waals surface area contributed by atoms with E-state index in [0.717, 1.165) is 65.5 Å². The van der Waals surface area contributed by atoms with Gasteiger partial charge < -0.3 is 10.1 Å². The smallest absolute Gasteiger partial charge is 0.265 e. The van der Waals surface area contributed by atoms with Gasteiger partial charge in [-0.25, -0.2) is 0 Å². The minimum Gasteiger partial charge on any atom is -0.489 e. The van der Waals surface area contributed by atoms with Crippen LogP contribution in [0.25, 0.3) is 0 Å². The summed E-state index contributed by atoms with van der Waals surface area (Å²) in [6.45, 7) is 0.488. The minimum absolute atomic E-state index is 0.00704. The van der Waals surface area contributed by atoms with Crippen LogP contribution in [0.3, 0.4) is 0 Å². The summed E-state index contributed by atoms with van der Waals surface area (Å²) in [5.41, 5.74) is 4.72. The number of anilines is 1. The van der Waals surface area contributed by atoms with Crippen LogP contribution in [0.15, 0.2) is 119 Å². The van der Waals surface area contributed by atoms with Gasteiger partial charge in [0.1, 0.15) is 24.3 Å². The first-order chi connectivity index (χ1) is 19.1. The van der Waals surface area contributed by atoms with E-state index in [-0.39, 0.29) is 22.3 Å². The van der Waals surface area contributed by atoms with Crippen molar-refractivity contribution in [3.63, 3.8) is 0 Å². The summed E-state index contributed by atoms with van der Waals surface area (Å²) >= 11 is 0. The molecular weight excluding hydrogens is 486 g/mol. The van der Waals surface area contributed by atoms with E-state index in [9.17, 15) is 4.79 Å². The second-order valence-corrected chi connectivity index (χ2v) is 10.3.